The predicted molar refractivity (Wildman–Crippen MR) is 67.0 cm³/mol. The fraction of sp³-hybridized carbons (Fsp3) is 0.154. The molecule has 3 rings (SSSR count). The summed E-state index contributed by atoms with van der Waals surface area (Å²) in [6.07, 6.45) is 0. The zero-order chi connectivity index (χ0) is 13.2. The molecule has 0 atom stereocenters. The van der Waals surface area contributed by atoms with Gasteiger partial charge in [-0.2, -0.15) is 0 Å². The van der Waals surface area contributed by atoms with E-state index >= 15 is 0 Å². The van der Waals surface area contributed by atoms with Crippen LogP contribution in [0.15, 0.2) is 30.3 Å². The number of nitrogens with one attached hydrogen (secondary N) is 1. The summed E-state index contributed by atoms with van der Waals surface area (Å²) >= 11 is 5.67. The molecule has 0 bridgehead atoms. The van der Waals surface area contributed by atoms with Crippen molar-refractivity contribution in [3.63, 3.8) is 0 Å². The standard InChI is InChI=1S/C13H10ClFIN2O/c14-10-5-8(1-3-11(10)15)12-4-2-9-6-17-16-7-19-13(9)18-12/h1-5,17H,6-7H2/q-1. The Bertz CT molecular complexity index is 624. The van der Waals surface area contributed by atoms with E-state index in [1.165, 1.54) is 6.07 Å². The molecule has 1 aliphatic heterocycles. The number of alkyl halides is 1. The van der Waals surface area contributed by atoms with E-state index in [4.69, 9.17) is 16.3 Å². The number of fused-ring (bicyclic) bond motifs is 1. The number of benzene rings is 1. The van der Waals surface area contributed by atoms with Gasteiger partial charge >= 0.3 is 126 Å². The van der Waals surface area contributed by atoms with Crippen LogP contribution in [0, 0.1) is 5.82 Å². The summed E-state index contributed by atoms with van der Waals surface area (Å²) in [5, 5.41) is 0.0997. The second kappa shape index (κ2) is 5.60. The van der Waals surface area contributed by atoms with Crippen LogP contribution in [0.4, 0.5) is 4.39 Å². The van der Waals surface area contributed by atoms with Crippen molar-refractivity contribution in [3.8, 4) is 17.1 Å². The Kier molecular flexibility index (Phi) is 3.86. The first-order valence-electron chi connectivity index (χ1n) is 5.63. The van der Waals surface area contributed by atoms with E-state index in [2.05, 4.69) is 8.51 Å². The number of pyridine rings is 1. The summed E-state index contributed by atoms with van der Waals surface area (Å²) < 4.78 is 22.8. The number of rotatable bonds is 1. The summed E-state index contributed by atoms with van der Waals surface area (Å²) in [4.78, 5) is 4.49. The SMILES string of the molecule is Fc1ccc(-c2ccc3c(n2)OC[I-]NC3)cc1Cl. The van der Waals surface area contributed by atoms with Crippen molar-refractivity contribution in [2.75, 3.05) is 4.61 Å². The zero-order valence-corrected chi connectivity index (χ0v) is 12.7. The molecule has 1 aromatic carbocycles. The maximum absolute atomic E-state index is 13.2. The Morgan fingerprint density at radius 1 is 1.32 bits per heavy atom. The van der Waals surface area contributed by atoms with Gasteiger partial charge in [-0.15, -0.1) is 0 Å². The number of halogens is 3. The fourth-order valence-corrected chi connectivity index (χ4v) is 3.31. The van der Waals surface area contributed by atoms with Crippen molar-refractivity contribution < 1.29 is 30.6 Å². The summed E-state index contributed by atoms with van der Waals surface area (Å²) in [5.74, 6) is 0.230. The Hall–Kier alpha value is -0.920. The van der Waals surface area contributed by atoms with E-state index in [1.54, 1.807) is 12.1 Å². The number of hydrogen-bond donors (Lipinski definition) is 1. The normalized spacial score (nSPS) is 14.8. The molecular formula is C13H10ClFIN2O-. The van der Waals surface area contributed by atoms with Crippen molar-refractivity contribution in [2.45, 2.75) is 6.54 Å². The fourth-order valence-electron chi connectivity index (χ4n) is 1.78. The maximum atomic E-state index is 13.2. The molecule has 0 unspecified atom stereocenters. The van der Waals surface area contributed by atoms with E-state index in [-0.39, 0.29) is 26.5 Å². The van der Waals surface area contributed by atoms with Crippen molar-refractivity contribution in [1.82, 2.24) is 8.51 Å². The van der Waals surface area contributed by atoms with Crippen LogP contribution in [0.2, 0.25) is 5.02 Å². The van der Waals surface area contributed by atoms with Crippen molar-refractivity contribution in [1.29, 1.82) is 0 Å². The topological polar surface area (TPSA) is 34.1 Å². The first-order chi connectivity index (χ1) is 9.24. The first-order valence-corrected chi connectivity index (χ1v) is 8.61. The molecule has 19 heavy (non-hydrogen) atoms. The van der Waals surface area contributed by atoms with Gasteiger partial charge in [-0.25, -0.2) is 0 Å². The summed E-state index contributed by atoms with van der Waals surface area (Å²) in [7, 11) is 0. The third kappa shape index (κ3) is 2.82. The molecule has 2 aromatic rings. The van der Waals surface area contributed by atoms with E-state index in [0.29, 0.717) is 10.5 Å². The summed E-state index contributed by atoms with van der Waals surface area (Å²) in [6.45, 7) is 0.792. The number of aromatic nitrogens is 1. The van der Waals surface area contributed by atoms with Gasteiger partial charge in [-0.1, -0.05) is 0 Å². The summed E-state index contributed by atoms with van der Waals surface area (Å²) in [6, 6.07) is 8.47. The first kappa shape index (κ1) is 13.1. The average Bonchev–Trinajstić information content (AvgIpc) is 2.66. The molecule has 3 nitrogen and oxygen atoms in total. The van der Waals surface area contributed by atoms with Crippen LogP contribution in [0.3, 0.4) is 0 Å². The minimum atomic E-state index is -0.426. The molecule has 0 radical (unpaired) electrons. The molecule has 1 N–H and O–H groups in total. The molecule has 0 saturated heterocycles. The zero-order valence-electron chi connectivity index (χ0n) is 9.79. The minimum absolute atomic E-state index is 0.0997. The van der Waals surface area contributed by atoms with Gasteiger partial charge in [-0.3, -0.25) is 0 Å². The molecule has 1 aromatic heterocycles. The summed E-state index contributed by atoms with van der Waals surface area (Å²) in [5.41, 5.74) is 2.57. The van der Waals surface area contributed by atoms with Gasteiger partial charge in [0.2, 0.25) is 0 Å². The Labute approximate surface area is 125 Å². The third-order valence-electron chi connectivity index (χ3n) is 2.75. The predicted octanol–water partition coefficient (Wildman–Crippen LogP) is -0.0154. The van der Waals surface area contributed by atoms with Crippen LogP contribution >= 0.6 is 11.6 Å². The molecule has 0 amide bonds. The van der Waals surface area contributed by atoms with E-state index in [1.807, 2.05) is 12.1 Å². The van der Waals surface area contributed by atoms with E-state index in [0.717, 1.165) is 23.4 Å². The van der Waals surface area contributed by atoms with Crippen LogP contribution < -0.4 is 29.7 Å². The quantitative estimate of drug-likeness (QED) is 0.422. The number of ether oxygens (including phenoxy) is 1. The van der Waals surface area contributed by atoms with Crippen molar-refractivity contribution >= 4 is 11.6 Å². The molecule has 100 valence electrons. The molecule has 0 aliphatic carbocycles. The van der Waals surface area contributed by atoms with Crippen molar-refractivity contribution in [3.05, 3.63) is 46.7 Å². The molecule has 0 saturated carbocycles. The molecular weight excluding hydrogens is 382 g/mol. The van der Waals surface area contributed by atoms with E-state index in [9.17, 15) is 4.39 Å². The van der Waals surface area contributed by atoms with Gasteiger partial charge in [0.1, 0.15) is 0 Å². The van der Waals surface area contributed by atoms with Crippen LogP contribution in [0.1, 0.15) is 5.56 Å². The van der Waals surface area contributed by atoms with E-state index < -0.39 is 5.82 Å². The van der Waals surface area contributed by atoms with Crippen LogP contribution in [-0.4, -0.2) is 9.60 Å². The van der Waals surface area contributed by atoms with Crippen molar-refractivity contribution in [2.24, 2.45) is 0 Å². The monoisotopic (exact) mass is 391 g/mol. The third-order valence-corrected chi connectivity index (χ3v) is 4.59. The van der Waals surface area contributed by atoms with Gasteiger partial charge in [0.05, 0.1) is 0 Å². The van der Waals surface area contributed by atoms with Gasteiger partial charge in [0, 0.05) is 0 Å². The molecule has 2 heterocycles. The Morgan fingerprint density at radius 2 is 2.21 bits per heavy atom. The molecule has 1 aliphatic rings. The molecule has 6 heteroatoms. The molecule has 0 spiro atoms. The average molecular weight is 392 g/mol. The second-order valence-electron chi connectivity index (χ2n) is 3.99. The molecule has 0 fully saturated rings. The van der Waals surface area contributed by atoms with Gasteiger partial charge in [-0.05, 0) is 0 Å². The van der Waals surface area contributed by atoms with Gasteiger partial charge in [0.15, 0.2) is 0 Å². The van der Waals surface area contributed by atoms with Crippen LogP contribution in [0.25, 0.3) is 11.3 Å². The Morgan fingerprint density at radius 3 is 3.05 bits per heavy atom. The number of hydrogen-bond acceptors (Lipinski definition) is 3. The second-order valence-corrected chi connectivity index (χ2v) is 6.54. The van der Waals surface area contributed by atoms with Gasteiger partial charge in [0.25, 0.3) is 0 Å². The number of nitrogens with zero attached hydrogens (tertiary/aromatic N) is 1. The van der Waals surface area contributed by atoms with Crippen LogP contribution in [-0.2, 0) is 6.54 Å². The van der Waals surface area contributed by atoms with Gasteiger partial charge < -0.3 is 0 Å². The van der Waals surface area contributed by atoms with Crippen LogP contribution in [0.5, 0.6) is 5.88 Å². The Balaban J connectivity index is 2.01.